The van der Waals surface area contributed by atoms with Gasteiger partial charge < -0.3 is 25.8 Å². The van der Waals surface area contributed by atoms with Crippen molar-refractivity contribution in [2.45, 2.75) is 26.2 Å². The van der Waals surface area contributed by atoms with Crippen molar-refractivity contribution in [3.8, 4) is 0 Å². The number of nitrogens with zero attached hydrogens (tertiary/aromatic N) is 1. The van der Waals surface area contributed by atoms with E-state index < -0.39 is 24.9 Å². The summed E-state index contributed by atoms with van der Waals surface area (Å²) in [6.45, 7) is 2.95. The summed E-state index contributed by atoms with van der Waals surface area (Å²) in [5, 5.41) is 33.5. The van der Waals surface area contributed by atoms with Crippen molar-refractivity contribution in [3.05, 3.63) is 58.8 Å². The SMILES string of the molecule is CC(=O)Nc1ccc(C(=O)NC(Cc2cccc(C(=O)O)c2C)B(O)O)cn1. The molecule has 1 aromatic heterocycles. The van der Waals surface area contributed by atoms with Crippen LogP contribution in [-0.4, -0.2) is 51.0 Å². The Kier molecular flexibility index (Phi) is 6.86. The van der Waals surface area contributed by atoms with E-state index >= 15 is 0 Å². The minimum Gasteiger partial charge on any atom is -0.478 e. The van der Waals surface area contributed by atoms with Gasteiger partial charge in [-0.1, -0.05) is 12.1 Å². The molecular weight excluding hydrogens is 365 g/mol. The Hall–Kier alpha value is -3.24. The highest BCUT2D eigenvalue weighted by molar-refractivity contribution is 6.43. The average Bonchev–Trinajstić information content (AvgIpc) is 2.62. The van der Waals surface area contributed by atoms with Crippen LogP contribution in [0, 0.1) is 6.92 Å². The summed E-state index contributed by atoms with van der Waals surface area (Å²) in [6.07, 6.45) is 1.27. The third-order valence-corrected chi connectivity index (χ3v) is 4.12. The maximum absolute atomic E-state index is 12.4. The van der Waals surface area contributed by atoms with Crippen LogP contribution in [0.4, 0.5) is 5.82 Å². The number of rotatable bonds is 7. The van der Waals surface area contributed by atoms with Gasteiger partial charge in [0, 0.05) is 13.1 Å². The first-order valence-corrected chi connectivity index (χ1v) is 8.41. The van der Waals surface area contributed by atoms with Gasteiger partial charge in [-0.3, -0.25) is 9.59 Å². The van der Waals surface area contributed by atoms with Gasteiger partial charge in [-0.15, -0.1) is 0 Å². The third-order valence-electron chi connectivity index (χ3n) is 4.12. The molecule has 0 aliphatic carbocycles. The molecule has 1 unspecified atom stereocenters. The molecule has 0 saturated carbocycles. The van der Waals surface area contributed by atoms with Crippen LogP contribution in [0.5, 0.6) is 0 Å². The van der Waals surface area contributed by atoms with E-state index in [0.717, 1.165) is 0 Å². The Morgan fingerprint density at radius 2 is 1.89 bits per heavy atom. The summed E-state index contributed by atoms with van der Waals surface area (Å²) in [5.41, 5.74) is 1.32. The van der Waals surface area contributed by atoms with Crippen molar-refractivity contribution >= 4 is 30.7 Å². The molecule has 2 aromatic rings. The lowest BCUT2D eigenvalue weighted by Crippen LogP contribution is -2.48. The molecule has 146 valence electrons. The van der Waals surface area contributed by atoms with Gasteiger partial charge in [0.25, 0.3) is 5.91 Å². The Morgan fingerprint density at radius 3 is 2.43 bits per heavy atom. The molecule has 1 aromatic carbocycles. The average molecular weight is 385 g/mol. The fourth-order valence-corrected chi connectivity index (χ4v) is 2.64. The summed E-state index contributed by atoms with van der Waals surface area (Å²) >= 11 is 0. The van der Waals surface area contributed by atoms with Crippen LogP contribution in [0.2, 0.25) is 0 Å². The fraction of sp³-hybridized carbons (Fsp3) is 0.222. The summed E-state index contributed by atoms with van der Waals surface area (Å²) in [7, 11) is -1.86. The van der Waals surface area contributed by atoms with Gasteiger partial charge in [0.1, 0.15) is 5.82 Å². The standard InChI is InChI=1S/C18H20BN3O6/c1-10-12(4-3-5-14(10)18(25)26)8-15(19(27)28)22-17(24)13-6-7-16(20-9-13)21-11(2)23/h3-7,9,15,27-28H,8H2,1-2H3,(H,22,24)(H,25,26)(H,20,21,23). The van der Waals surface area contributed by atoms with Gasteiger partial charge in [-0.2, -0.15) is 0 Å². The van der Waals surface area contributed by atoms with E-state index in [9.17, 15) is 29.5 Å². The van der Waals surface area contributed by atoms with E-state index in [1.165, 1.54) is 31.3 Å². The number of carboxylic acid groups (broad SMARTS) is 1. The summed E-state index contributed by atoms with van der Waals surface area (Å²) in [4.78, 5) is 38.6. The molecule has 9 nitrogen and oxygen atoms in total. The predicted molar refractivity (Wildman–Crippen MR) is 102 cm³/mol. The van der Waals surface area contributed by atoms with Gasteiger partial charge in [-0.25, -0.2) is 9.78 Å². The van der Waals surface area contributed by atoms with Crippen molar-refractivity contribution in [1.82, 2.24) is 10.3 Å². The second kappa shape index (κ2) is 9.11. The lowest BCUT2D eigenvalue weighted by Gasteiger charge is -2.19. The molecule has 0 saturated heterocycles. The minimum atomic E-state index is -1.86. The lowest BCUT2D eigenvalue weighted by atomic mass is 9.75. The van der Waals surface area contributed by atoms with Gasteiger partial charge in [0.05, 0.1) is 17.1 Å². The molecule has 0 spiro atoms. The number of carbonyl (C=O) groups excluding carboxylic acids is 2. The number of nitrogens with one attached hydrogen (secondary N) is 2. The Balaban J connectivity index is 2.15. The number of carbonyl (C=O) groups is 3. The number of anilines is 1. The number of carboxylic acids is 1. The van der Waals surface area contributed by atoms with Crippen molar-refractivity contribution < 1.29 is 29.5 Å². The molecule has 0 aliphatic rings. The van der Waals surface area contributed by atoms with E-state index in [0.29, 0.717) is 11.1 Å². The van der Waals surface area contributed by atoms with Crippen molar-refractivity contribution in [1.29, 1.82) is 0 Å². The number of benzene rings is 1. The van der Waals surface area contributed by atoms with E-state index in [1.807, 2.05) is 0 Å². The molecule has 0 radical (unpaired) electrons. The Morgan fingerprint density at radius 1 is 1.18 bits per heavy atom. The van der Waals surface area contributed by atoms with Gasteiger partial charge in [0.2, 0.25) is 5.91 Å². The highest BCUT2D eigenvalue weighted by Crippen LogP contribution is 2.16. The Bertz CT molecular complexity index is 885. The van der Waals surface area contributed by atoms with Crippen LogP contribution < -0.4 is 10.6 Å². The second-order valence-electron chi connectivity index (χ2n) is 6.21. The predicted octanol–water partition coefficient (Wildman–Crippen LogP) is 0.400. The second-order valence-corrected chi connectivity index (χ2v) is 6.21. The molecule has 1 atom stereocenters. The van der Waals surface area contributed by atoms with E-state index in [2.05, 4.69) is 15.6 Å². The fourth-order valence-electron chi connectivity index (χ4n) is 2.64. The normalized spacial score (nSPS) is 11.4. The maximum Gasteiger partial charge on any atom is 0.475 e. The minimum absolute atomic E-state index is 0.0216. The first-order valence-electron chi connectivity index (χ1n) is 8.41. The summed E-state index contributed by atoms with van der Waals surface area (Å²) in [6, 6.07) is 7.55. The molecule has 2 amide bonds. The molecular formula is C18H20BN3O6. The van der Waals surface area contributed by atoms with Crippen LogP contribution in [0.15, 0.2) is 36.5 Å². The highest BCUT2D eigenvalue weighted by atomic mass is 16.4. The summed E-state index contributed by atoms with van der Waals surface area (Å²) in [5.74, 6) is -2.76. The van der Waals surface area contributed by atoms with E-state index in [-0.39, 0.29) is 29.3 Å². The van der Waals surface area contributed by atoms with Gasteiger partial charge >= 0.3 is 13.1 Å². The lowest BCUT2D eigenvalue weighted by molar-refractivity contribution is -0.114. The van der Waals surface area contributed by atoms with E-state index in [1.54, 1.807) is 19.1 Å². The first kappa shape index (κ1) is 21.1. The van der Waals surface area contributed by atoms with Crippen molar-refractivity contribution in [2.24, 2.45) is 0 Å². The smallest absolute Gasteiger partial charge is 0.475 e. The molecule has 1 heterocycles. The molecule has 2 rings (SSSR count). The van der Waals surface area contributed by atoms with E-state index in [4.69, 9.17) is 0 Å². The number of aromatic carboxylic acids is 1. The van der Waals surface area contributed by atoms with Crippen molar-refractivity contribution in [2.75, 3.05) is 5.32 Å². The number of pyridine rings is 1. The van der Waals surface area contributed by atoms with Crippen LogP contribution in [0.3, 0.4) is 0 Å². The zero-order valence-corrected chi connectivity index (χ0v) is 15.3. The van der Waals surface area contributed by atoms with Crippen LogP contribution >= 0.6 is 0 Å². The molecule has 0 bridgehead atoms. The molecule has 0 fully saturated rings. The van der Waals surface area contributed by atoms with Crippen LogP contribution in [0.1, 0.15) is 38.8 Å². The molecule has 5 N–H and O–H groups in total. The number of amides is 2. The highest BCUT2D eigenvalue weighted by Gasteiger charge is 2.27. The number of aromatic nitrogens is 1. The number of hydrogen-bond donors (Lipinski definition) is 5. The zero-order valence-electron chi connectivity index (χ0n) is 15.3. The maximum atomic E-state index is 12.4. The van der Waals surface area contributed by atoms with Crippen LogP contribution in [-0.2, 0) is 11.2 Å². The molecule has 10 heteroatoms. The monoisotopic (exact) mass is 385 g/mol. The van der Waals surface area contributed by atoms with Gasteiger partial charge in [-0.05, 0) is 42.7 Å². The molecule has 28 heavy (non-hydrogen) atoms. The quantitative estimate of drug-likeness (QED) is 0.433. The molecule has 0 aliphatic heterocycles. The largest absolute Gasteiger partial charge is 0.478 e. The zero-order chi connectivity index (χ0) is 20.8. The topological polar surface area (TPSA) is 149 Å². The summed E-state index contributed by atoms with van der Waals surface area (Å²) < 4.78 is 0. The van der Waals surface area contributed by atoms with Crippen LogP contribution in [0.25, 0.3) is 0 Å². The van der Waals surface area contributed by atoms with Gasteiger partial charge in [0.15, 0.2) is 0 Å². The Labute approximate surface area is 161 Å². The third kappa shape index (κ3) is 5.38. The van der Waals surface area contributed by atoms with Crippen molar-refractivity contribution in [3.63, 3.8) is 0 Å². The first-order chi connectivity index (χ1) is 13.2. The number of hydrogen-bond acceptors (Lipinski definition) is 6.